The van der Waals surface area contributed by atoms with Crippen molar-refractivity contribution in [3.8, 4) is 0 Å². The lowest BCUT2D eigenvalue weighted by atomic mass is 9.91. The minimum Gasteiger partial charge on any atom is -0.378 e. The molecule has 1 aromatic carbocycles. The average Bonchev–Trinajstić information content (AvgIpc) is 2.55. The molecule has 1 N–H and O–H groups in total. The van der Waals surface area contributed by atoms with Crippen molar-refractivity contribution in [3.05, 3.63) is 34.9 Å². The molecular formula is C17H21ClN2O3. The van der Waals surface area contributed by atoms with E-state index in [-0.39, 0.29) is 23.8 Å². The lowest BCUT2D eigenvalue weighted by Gasteiger charge is -2.39. The standard InChI is InChI=1S/C17H21ClN2O3/c1-11-12(6-4-10-23-11)17(22)20-9-8-19-16(21)15(20)13-5-2-3-7-14(13)18/h2-3,5,7,11-12,15H,4,6,8-10H2,1H3,(H,19,21). The molecule has 2 aliphatic rings. The third kappa shape index (κ3) is 3.21. The molecule has 0 bridgehead atoms. The summed E-state index contributed by atoms with van der Waals surface area (Å²) in [7, 11) is 0. The Morgan fingerprint density at radius 3 is 2.91 bits per heavy atom. The maximum absolute atomic E-state index is 13.0. The monoisotopic (exact) mass is 336 g/mol. The van der Waals surface area contributed by atoms with Gasteiger partial charge < -0.3 is 15.0 Å². The van der Waals surface area contributed by atoms with Crippen LogP contribution in [-0.4, -0.2) is 42.5 Å². The quantitative estimate of drug-likeness (QED) is 0.900. The predicted octanol–water partition coefficient (Wildman–Crippen LogP) is 2.15. The third-order valence-corrected chi connectivity index (χ3v) is 4.96. The van der Waals surface area contributed by atoms with Crippen LogP contribution in [0.3, 0.4) is 0 Å². The molecule has 3 unspecified atom stereocenters. The molecule has 0 spiro atoms. The highest BCUT2D eigenvalue weighted by Gasteiger charge is 2.40. The van der Waals surface area contributed by atoms with Crippen molar-refractivity contribution >= 4 is 23.4 Å². The molecule has 2 aliphatic heterocycles. The molecule has 0 radical (unpaired) electrons. The maximum Gasteiger partial charge on any atom is 0.247 e. The van der Waals surface area contributed by atoms with Crippen LogP contribution < -0.4 is 5.32 Å². The van der Waals surface area contributed by atoms with Crippen LogP contribution in [0, 0.1) is 5.92 Å². The fourth-order valence-electron chi connectivity index (χ4n) is 3.37. The predicted molar refractivity (Wildman–Crippen MR) is 87.1 cm³/mol. The van der Waals surface area contributed by atoms with Gasteiger partial charge in [-0.2, -0.15) is 0 Å². The van der Waals surface area contributed by atoms with E-state index in [2.05, 4.69) is 5.32 Å². The zero-order valence-electron chi connectivity index (χ0n) is 13.1. The molecule has 2 saturated heterocycles. The van der Waals surface area contributed by atoms with Crippen molar-refractivity contribution in [1.82, 2.24) is 10.2 Å². The van der Waals surface area contributed by atoms with Gasteiger partial charge in [0.2, 0.25) is 11.8 Å². The van der Waals surface area contributed by atoms with E-state index in [4.69, 9.17) is 16.3 Å². The first-order valence-electron chi connectivity index (χ1n) is 8.04. The number of benzene rings is 1. The molecule has 1 aromatic rings. The van der Waals surface area contributed by atoms with E-state index in [1.54, 1.807) is 17.0 Å². The number of ether oxygens (including phenoxy) is 1. The van der Waals surface area contributed by atoms with Crippen LogP contribution in [0.5, 0.6) is 0 Å². The molecule has 2 amide bonds. The minimum absolute atomic E-state index is 0.0167. The van der Waals surface area contributed by atoms with Crippen molar-refractivity contribution in [1.29, 1.82) is 0 Å². The van der Waals surface area contributed by atoms with E-state index < -0.39 is 6.04 Å². The number of nitrogens with one attached hydrogen (secondary N) is 1. The Kier molecular flexibility index (Phi) is 4.87. The summed E-state index contributed by atoms with van der Waals surface area (Å²) in [5.74, 6) is -0.390. The molecule has 2 fully saturated rings. The third-order valence-electron chi connectivity index (χ3n) is 4.62. The second-order valence-corrected chi connectivity index (χ2v) is 6.48. The van der Waals surface area contributed by atoms with Crippen molar-refractivity contribution in [3.63, 3.8) is 0 Å². The van der Waals surface area contributed by atoms with Crippen LogP contribution in [-0.2, 0) is 14.3 Å². The molecule has 124 valence electrons. The Hall–Kier alpha value is -1.59. The number of hydrogen-bond donors (Lipinski definition) is 1. The van der Waals surface area contributed by atoms with E-state index in [1.807, 2.05) is 19.1 Å². The number of piperazine rings is 1. The molecule has 5 nitrogen and oxygen atoms in total. The fraction of sp³-hybridized carbons (Fsp3) is 0.529. The molecule has 2 heterocycles. The Morgan fingerprint density at radius 1 is 1.39 bits per heavy atom. The maximum atomic E-state index is 13.0. The zero-order chi connectivity index (χ0) is 16.4. The number of halogens is 1. The Morgan fingerprint density at radius 2 is 2.17 bits per heavy atom. The summed E-state index contributed by atoms with van der Waals surface area (Å²) in [6.45, 7) is 3.58. The van der Waals surface area contributed by atoms with Crippen molar-refractivity contribution in [2.24, 2.45) is 5.92 Å². The summed E-state index contributed by atoms with van der Waals surface area (Å²) in [6, 6.07) is 6.53. The van der Waals surface area contributed by atoms with Crippen LogP contribution in [0.25, 0.3) is 0 Å². The second kappa shape index (κ2) is 6.89. The average molecular weight is 337 g/mol. The summed E-state index contributed by atoms with van der Waals surface area (Å²) in [5, 5.41) is 3.33. The molecule has 23 heavy (non-hydrogen) atoms. The molecule has 0 saturated carbocycles. The highest BCUT2D eigenvalue weighted by molar-refractivity contribution is 6.31. The Bertz CT molecular complexity index is 607. The fourth-order valence-corrected chi connectivity index (χ4v) is 3.61. The summed E-state index contributed by atoms with van der Waals surface area (Å²) in [6.07, 6.45) is 1.55. The smallest absolute Gasteiger partial charge is 0.247 e. The van der Waals surface area contributed by atoms with Crippen LogP contribution in [0.1, 0.15) is 31.4 Å². The summed E-state index contributed by atoms with van der Waals surface area (Å²) < 4.78 is 5.62. The number of amides is 2. The van der Waals surface area contributed by atoms with Crippen LogP contribution in [0.4, 0.5) is 0 Å². The van der Waals surface area contributed by atoms with Gasteiger partial charge in [-0.25, -0.2) is 0 Å². The normalized spacial score (nSPS) is 28.3. The second-order valence-electron chi connectivity index (χ2n) is 6.07. The van der Waals surface area contributed by atoms with E-state index in [1.165, 1.54) is 0 Å². The van der Waals surface area contributed by atoms with Gasteiger partial charge in [0.15, 0.2) is 0 Å². The van der Waals surface area contributed by atoms with E-state index in [0.717, 1.165) is 12.8 Å². The van der Waals surface area contributed by atoms with Gasteiger partial charge in [-0.05, 0) is 25.8 Å². The van der Waals surface area contributed by atoms with Gasteiger partial charge in [-0.15, -0.1) is 0 Å². The minimum atomic E-state index is -0.668. The van der Waals surface area contributed by atoms with Crippen LogP contribution in [0.2, 0.25) is 5.02 Å². The lowest BCUT2D eigenvalue weighted by molar-refractivity contribution is -0.152. The zero-order valence-corrected chi connectivity index (χ0v) is 13.9. The first-order chi connectivity index (χ1) is 11.1. The number of hydrogen-bond acceptors (Lipinski definition) is 3. The van der Waals surface area contributed by atoms with Crippen LogP contribution in [0.15, 0.2) is 24.3 Å². The Labute approximate surface area is 140 Å². The summed E-state index contributed by atoms with van der Waals surface area (Å²) >= 11 is 6.26. The van der Waals surface area contributed by atoms with Gasteiger partial charge in [-0.3, -0.25) is 9.59 Å². The lowest BCUT2D eigenvalue weighted by Crippen LogP contribution is -2.55. The largest absolute Gasteiger partial charge is 0.378 e. The number of carbonyl (C=O) groups excluding carboxylic acids is 2. The molecule has 0 aromatic heterocycles. The topological polar surface area (TPSA) is 58.6 Å². The van der Waals surface area contributed by atoms with Gasteiger partial charge >= 0.3 is 0 Å². The molecule has 6 heteroatoms. The van der Waals surface area contributed by atoms with E-state index in [9.17, 15) is 9.59 Å². The van der Waals surface area contributed by atoms with Crippen molar-refractivity contribution in [2.45, 2.75) is 31.9 Å². The number of rotatable bonds is 2. The highest BCUT2D eigenvalue weighted by atomic mass is 35.5. The van der Waals surface area contributed by atoms with Gasteiger partial charge in [-0.1, -0.05) is 29.8 Å². The summed E-state index contributed by atoms with van der Waals surface area (Å²) in [5.41, 5.74) is 0.670. The van der Waals surface area contributed by atoms with Crippen molar-refractivity contribution in [2.75, 3.05) is 19.7 Å². The highest BCUT2D eigenvalue weighted by Crippen LogP contribution is 2.32. The van der Waals surface area contributed by atoms with Crippen molar-refractivity contribution < 1.29 is 14.3 Å². The molecule has 3 rings (SSSR count). The van der Waals surface area contributed by atoms with Gasteiger partial charge in [0.1, 0.15) is 6.04 Å². The molecular weight excluding hydrogens is 316 g/mol. The van der Waals surface area contributed by atoms with Gasteiger partial charge in [0.05, 0.1) is 12.0 Å². The first-order valence-corrected chi connectivity index (χ1v) is 8.41. The molecule has 0 aliphatic carbocycles. The van der Waals surface area contributed by atoms with E-state index in [0.29, 0.717) is 30.3 Å². The SMILES string of the molecule is CC1OCCCC1C(=O)N1CCNC(=O)C1c1ccccc1Cl. The number of carbonyl (C=O) groups is 2. The number of nitrogens with zero attached hydrogens (tertiary/aromatic N) is 1. The molecule has 3 atom stereocenters. The summed E-state index contributed by atoms with van der Waals surface area (Å²) in [4.78, 5) is 27.1. The first kappa shape index (κ1) is 16.3. The van der Waals surface area contributed by atoms with Gasteiger partial charge in [0, 0.05) is 30.3 Å². The van der Waals surface area contributed by atoms with E-state index >= 15 is 0 Å². The van der Waals surface area contributed by atoms with Gasteiger partial charge in [0.25, 0.3) is 0 Å². The van der Waals surface area contributed by atoms with Crippen LogP contribution >= 0.6 is 11.6 Å². The Balaban J connectivity index is 1.90.